The molecule has 0 saturated heterocycles. The van der Waals surface area contributed by atoms with E-state index in [2.05, 4.69) is 4.72 Å². The van der Waals surface area contributed by atoms with E-state index >= 15 is 0 Å². The minimum absolute atomic E-state index is 0.844. The lowest BCUT2D eigenvalue weighted by molar-refractivity contribution is 0.500. The zero-order valence-electron chi connectivity index (χ0n) is 6.34. The van der Waals surface area contributed by atoms with Crippen LogP contribution in [0.15, 0.2) is 0 Å². The van der Waals surface area contributed by atoms with Crippen LogP contribution in [0, 0.1) is 6.04 Å². The van der Waals surface area contributed by atoms with E-state index in [0.717, 1.165) is 31.7 Å². The summed E-state index contributed by atoms with van der Waals surface area (Å²) in [5, 5.41) is 4.81. The normalized spacial score (nSPS) is 21.9. The molecule has 0 aromatic heterocycles. The van der Waals surface area contributed by atoms with E-state index in [1.165, 1.54) is 6.42 Å². The Kier molecular flexibility index (Phi) is 2.86. The first-order valence-corrected chi connectivity index (χ1v) is 5.28. The summed E-state index contributed by atoms with van der Waals surface area (Å²) in [4.78, 5) is 0. The first kappa shape index (κ1) is 8.96. The van der Waals surface area contributed by atoms with Gasteiger partial charge in [-0.15, -0.1) is 0 Å². The SMILES string of the molecule is NS(=O)(=O)N[C]1CCCCC1. The van der Waals surface area contributed by atoms with Crippen LogP contribution >= 0.6 is 0 Å². The molecule has 1 fully saturated rings. The maximum atomic E-state index is 10.5. The molecule has 5 heteroatoms. The van der Waals surface area contributed by atoms with Gasteiger partial charge in [-0.3, -0.25) is 0 Å². The molecule has 1 aliphatic rings. The van der Waals surface area contributed by atoms with Gasteiger partial charge in [0.25, 0.3) is 10.2 Å². The van der Waals surface area contributed by atoms with E-state index in [0.29, 0.717) is 0 Å². The van der Waals surface area contributed by atoms with Gasteiger partial charge in [-0.2, -0.15) is 13.1 Å². The molecule has 1 aliphatic carbocycles. The van der Waals surface area contributed by atoms with Crippen LogP contribution in [0.1, 0.15) is 32.1 Å². The van der Waals surface area contributed by atoms with Gasteiger partial charge >= 0.3 is 0 Å². The molecule has 4 nitrogen and oxygen atoms in total. The van der Waals surface area contributed by atoms with Gasteiger partial charge in [-0.05, 0) is 12.8 Å². The van der Waals surface area contributed by atoms with Gasteiger partial charge in [0.15, 0.2) is 0 Å². The zero-order chi connectivity index (χ0) is 8.32. The van der Waals surface area contributed by atoms with Crippen LogP contribution in [0.5, 0.6) is 0 Å². The van der Waals surface area contributed by atoms with Crippen molar-refractivity contribution in [1.29, 1.82) is 0 Å². The summed E-state index contributed by atoms with van der Waals surface area (Å²) in [6.07, 6.45) is 5.01. The number of hydrogen-bond acceptors (Lipinski definition) is 2. The highest BCUT2D eigenvalue weighted by Gasteiger charge is 2.17. The molecular formula is C6H13N2O2S. The summed E-state index contributed by atoms with van der Waals surface area (Å²) in [6, 6.07) is 0.860. The highest BCUT2D eigenvalue weighted by atomic mass is 32.2. The van der Waals surface area contributed by atoms with E-state index in [4.69, 9.17) is 5.14 Å². The fourth-order valence-corrected chi connectivity index (χ4v) is 1.89. The van der Waals surface area contributed by atoms with Crippen molar-refractivity contribution in [3.8, 4) is 0 Å². The Morgan fingerprint density at radius 2 is 1.73 bits per heavy atom. The molecule has 0 spiro atoms. The van der Waals surface area contributed by atoms with Crippen molar-refractivity contribution < 1.29 is 8.42 Å². The molecule has 0 heterocycles. The lowest BCUT2D eigenvalue weighted by Gasteiger charge is -2.20. The summed E-state index contributed by atoms with van der Waals surface area (Å²) in [6.45, 7) is 0. The van der Waals surface area contributed by atoms with Crippen molar-refractivity contribution >= 4 is 10.2 Å². The lowest BCUT2D eigenvalue weighted by Crippen LogP contribution is -2.35. The summed E-state index contributed by atoms with van der Waals surface area (Å²) in [7, 11) is -3.51. The number of nitrogens with two attached hydrogens (primary N) is 1. The first-order chi connectivity index (χ1) is 5.08. The molecule has 0 amide bonds. The molecule has 1 saturated carbocycles. The van der Waals surface area contributed by atoms with Crippen molar-refractivity contribution in [2.24, 2.45) is 5.14 Å². The van der Waals surface area contributed by atoms with Crippen LogP contribution in [0.2, 0.25) is 0 Å². The second-order valence-corrected chi connectivity index (χ2v) is 4.11. The van der Waals surface area contributed by atoms with E-state index in [1.807, 2.05) is 0 Å². The highest BCUT2D eigenvalue weighted by molar-refractivity contribution is 7.87. The predicted molar refractivity (Wildman–Crippen MR) is 42.6 cm³/mol. The van der Waals surface area contributed by atoms with Crippen LogP contribution in [0.3, 0.4) is 0 Å². The van der Waals surface area contributed by atoms with Gasteiger partial charge in [0.2, 0.25) is 0 Å². The quantitative estimate of drug-likeness (QED) is 0.635. The monoisotopic (exact) mass is 177 g/mol. The molecule has 11 heavy (non-hydrogen) atoms. The number of hydrogen-bond donors (Lipinski definition) is 2. The van der Waals surface area contributed by atoms with Gasteiger partial charge in [0, 0.05) is 0 Å². The minimum Gasteiger partial charge on any atom is -0.216 e. The van der Waals surface area contributed by atoms with E-state index in [9.17, 15) is 8.42 Å². The number of rotatable bonds is 2. The Morgan fingerprint density at radius 3 is 2.18 bits per heavy atom. The Labute approximate surface area is 67.3 Å². The van der Waals surface area contributed by atoms with Crippen molar-refractivity contribution in [3.63, 3.8) is 0 Å². The van der Waals surface area contributed by atoms with Gasteiger partial charge < -0.3 is 0 Å². The highest BCUT2D eigenvalue weighted by Crippen LogP contribution is 2.22. The third-order valence-corrected chi connectivity index (χ3v) is 2.32. The molecular weight excluding hydrogens is 164 g/mol. The average Bonchev–Trinajstić information content (AvgIpc) is 1.85. The van der Waals surface area contributed by atoms with Gasteiger partial charge in [-0.25, -0.2) is 5.14 Å². The van der Waals surface area contributed by atoms with Crippen molar-refractivity contribution in [2.75, 3.05) is 0 Å². The first-order valence-electron chi connectivity index (χ1n) is 3.73. The molecule has 1 rings (SSSR count). The number of nitrogens with one attached hydrogen (secondary N) is 1. The van der Waals surface area contributed by atoms with Gasteiger partial charge in [0.1, 0.15) is 0 Å². The van der Waals surface area contributed by atoms with Crippen molar-refractivity contribution in [3.05, 3.63) is 6.04 Å². The Hall–Kier alpha value is -0.130. The summed E-state index contributed by atoms with van der Waals surface area (Å²) in [5.41, 5.74) is 0. The molecule has 0 aromatic rings. The molecule has 0 bridgehead atoms. The van der Waals surface area contributed by atoms with Crippen molar-refractivity contribution in [2.45, 2.75) is 32.1 Å². The molecule has 65 valence electrons. The smallest absolute Gasteiger partial charge is 0.216 e. The van der Waals surface area contributed by atoms with E-state index in [1.54, 1.807) is 0 Å². The summed E-state index contributed by atoms with van der Waals surface area (Å²) >= 11 is 0. The second-order valence-electron chi connectivity index (χ2n) is 2.81. The molecule has 0 unspecified atom stereocenters. The molecule has 1 radical (unpaired) electrons. The minimum atomic E-state index is -3.51. The predicted octanol–water partition coefficient (Wildman–Crippen LogP) is 0.276. The average molecular weight is 177 g/mol. The molecule has 0 atom stereocenters. The molecule has 0 aliphatic heterocycles. The maximum Gasteiger partial charge on any atom is 0.274 e. The van der Waals surface area contributed by atoms with E-state index < -0.39 is 10.2 Å². The second kappa shape index (κ2) is 3.51. The topological polar surface area (TPSA) is 72.2 Å². The summed E-state index contributed by atoms with van der Waals surface area (Å²) < 4.78 is 23.4. The fourth-order valence-electron chi connectivity index (χ4n) is 1.28. The standard InChI is InChI=1S/C6H13N2O2S/c7-11(9,10)8-6-4-2-1-3-5-6/h8H,1-5H2,(H2,7,9,10). The van der Waals surface area contributed by atoms with Crippen LogP contribution in [0.4, 0.5) is 0 Å². The van der Waals surface area contributed by atoms with Gasteiger partial charge in [-0.1, -0.05) is 19.3 Å². The Morgan fingerprint density at radius 1 is 1.18 bits per heavy atom. The summed E-state index contributed by atoms with van der Waals surface area (Å²) in [5.74, 6) is 0. The van der Waals surface area contributed by atoms with Crippen LogP contribution in [0.25, 0.3) is 0 Å². The molecule has 0 aromatic carbocycles. The zero-order valence-corrected chi connectivity index (χ0v) is 7.15. The lowest BCUT2D eigenvalue weighted by atomic mass is 9.96. The third-order valence-electron chi connectivity index (χ3n) is 1.74. The Bertz CT molecular complexity index is 207. The third kappa shape index (κ3) is 3.69. The van der Waals surface area contributed by atoms with Gasteiger partial charge in [0.05, 0.1) is 6.04 Å². The van der Waals surface area contributed by atoms with Crippen LogP contribution in [-0.4, -0.2) is 8.42 Å². The van der Waals surface area contributed by atoms with Crippen LogP contribution < -0.4 is 9.86 Å². The fraction of sp³-hybridized carbons (Fsp3) is 0.833. The van der Waals surface area contributed by atoms with Crippen LogP contribution in [-0.2, 0) is 10.2 Å². The largest absolute Gasteiger partial charge is 0.274 e. The molecule has 3 N–H and O–H groups in total. The van der Waals surface area contributed by atoms with E-state index in [-0.39, 0.29) is 0 Å². The maximum absolute atomic E-state index is 10.5. The Balaban J connectivity index is 2.36. The van der Waals surface area contributed by atoms with Crippen molar-refractivity contribution in [1.82, 2.24) is 4.72 Å².